The molecular weight excluding hydrogens is 375 g/mol. The van der Waals surface area contributed by atoms with Crippen LogP contribution in [-0.4, -0.2) is 4.98 Å². The van der Waals surface area contributed by atoms with Gasteiger partial charge in [-0.2, -0.15) is 5.26 Å². The van der Waals surface area contributed by atoms with Gasteiger partial charge < -0.3 is 0 Å². The first-order valence-corrected chi connectivity index (χ1v) is 8.43. The minimum absolute atomic E-state index is 0.350. The largest absolute Gasteiger partial charge is 0.235 e. The molecule has 1 heterocycles. The van der Waals surface area contributed by atoms with Gasteiger partial charge in [-0.15, -0.1) is 11.3 Å². The first kappa shape index (κ1) is 15.6. The van der Waals surface area contributed by atoms with Gasteiger partial charge in [0.1, 0.15) is 16.9 Å². The molecule has 3 rings (SSSR count). The standard InChI is InChI=1S/C18H10BrFN2S/c19-15-7-5-12(6-8-15)17-11-23-18(22-17)14(10-21)9-13-3-1-2-4-16(13)20/h1-9,11H. The number of benzene rings is 2. The lowest BCUT2D eigenvalue weighted by Gasteiger charge is -1.98. The van der Waals surface area contributed by atoms with Crippen molar-refractivity contribution in [3.05, 3.63) is 74.8 Å². The lowest BCUT2D eigenvalue weighted by molar-refractivity contribution is 0.625. The Bertz CT molecular complexity index is 907. The molecule has 1 aromatic heterocycles. The molecule has 0 aliphatic heterocycles. The average molecular weight is 385 g/mol. The van der Waals surface area contributed by atoms with E-state index in [9.17, 15) is 9.65 Å². The summed E-state index contributed by atoms with van der Waals surface area (Å²) in [5, 5.41) is 11.8. The summed E-state index contributed by atoms with van der Waals surface area (Å²) in [6, 6.07) is 16.2. The predicted molar refractivity (Wildman–Crippen MR) is 95.1 cm³/mol. The van der Waals surface area contributed by atoms with Gasteiger partial charge in [-0.3, -0.25) is 0 Å². The van der Waals surface area contributed by atoms with Crippen molar-refractivity contribution >= 4 is 38.9 Å². The minimum Gasteiger partial charge on any atom is -0.235 e. The maximum atomic E-state index is 13.7. The fourth-order valence-electron chi connectivity index (χ4n) is 2.04. The van der Waals surface area contributed by atoms with Gasteiger partial charge >= 0.3 is 0 Å². The van der Waals surface area contributed by atoms with Crippen molar-refractivity contribution in [2.24, 2.45) is 0 Å². The Morgan fingerprint density at radius 2 is 1.91 bits per heavy atom. The van der Waals surface area contributed by atoms with Gasteiger partial charge in [0, 0.05) is 21.0 Å². The van der Waals surface area contributed by atoms with E-state index in [2.05, 4.69) is 27.0 Å². The SMILES string of the molecule is N#CC(=Cc1ccccc1F)c1nc(-c2ccc(Br)cc2)cs1. The Labute approximate surface area is 145 Å². The Kier molecular flexibility index (Phi) is 4.65. The highest BCUT2D eigenvalue weighted by Gasteiger charge is 2.10. The highest BCUT2D eigenvalue weighted by molar-refractivity contribution is 9.10. The smallest absolute Gasteiger partial charge is 0.134 e. The van der Waals surface area contributed by atoms with Crippen LogP contribution in [-0.2, 0) is 0 Å². The van der Waals surface area contributed by atoms with E-state index in [0.29, 0.717) is 16.1 Å². The molecule has 112 valence electrons. The quantitative estimate of drug-likeness (QED) is 0.536. The molecule has 0 aliphatic carbocycles. The normalized spacial score (nSPS) is 11.3. The first-order valence-electron chi connectivity index (χ1n) is 6.75. The summed E-state index contributed by atoms with van der Waals surface area (Å²) in [7, 11) is 0. The summed E-state index contributed by atoms with van der Waals surface area (Å²) >= 11 is 4.77. The number of halogens is 2. The molecule has 0 saturated carbocycles. The molecule has 0 aliphatic rings. The van der Waals surface area contributed by atoms with E-state index in [0.717, 1.165) is 15.7 Å². The van der Waals surface area contributed by atoms with E-state index >= 15 is 0 Å². The fourth-order valence-corrected chi connectivity index (χ4v) is 3.10. The lowest BCUT2D eigenvalue weighted by Crippen LogP contribution is -1.85. The van der Waals surface area contributed by atoms with Gasteiger partial charge in [0.15, 0.2) is 0 Å². The Hall–Kier alpha value is -2.29. The van der Waals surface area contributed by atoms with E-state index in [4.69, 9.17) is 0 Å². The number of nitrogens with zero attached hydrogens (tertiary/aromatic N) is 2. The average Bonchev–Trinajstić information content (AvgIpc) is 3.04. The molecule has 0 saturated heterocycles. The van der Waals surface area contributed by atoms with Crippen molar-refractivity contribution in [1.82, 2.24) is 4.98 Å². The van der Waals surface area contributed by atoms with Gasteiger partial charge in [0.25, 0.3) is 0 Å². The van der Waals surface area contributed by atoms with E-state index in [1.165, 1.54) is 23.5 Å². The van der Waals surface area contributed by atoms with E-state index in [1.807, 2.05) is 29.6 Å². The van der Waals surface area contributed by atoms with Gasteiger partial charge in [0.2, 0.25) is 0 Å². The number of allylic oxidation sites excluding steroid dienone is 1. The number of rotatable bonds is 3. The summed E-state index contributed by atoms with van der Waals surface area (Å²) in [6.07, 6.45) is 1.53. The number of aromatic nitrogens is 1. The van der Waals surface area contributed by atoms with Gasteiger partial charge in [0.05, 0.1) is 11.3 Å². The Morgan fingerprint density at radius 3 is 2.61 bits per heavy atom. The monoisotopic (exact) mass is 384 g/mol. The van der Waals surface area contributed by atoms with Crippen molar-refractivity contribution in [2.45, 2.75) is 0 Å². The molecular formula is C18H10BrFN2S. The number of thiazole rings is 1. The molecule has 0 bridgehead atoms. The molecule has 0 radical (unpaired) electrons. The van der Waals surface area contributed by atoms with Gasteiger partial charge in [-0.1, -0.05) is 46.3 Å². The molecule has 0 unspecified atom stereocenters. The zero-order valence-corrected chi connectivity index (χ0v) is 14.2. The zero-order valence-electron chi connectivity index (χ0n) is 11.8. The predicted octanol–water partition coefficient (Wildman–Crippen LogP) is 5.78. The highest BCUT2D eigenvalue weighted by Crippen LogP contribution is 2.28. The maximum absolute atomic E-state index is 13.7. The van der Waals surface area contributed by atoms with Crippen molar-refractivity contribution < 1.29 is 4.39 Å². The van der Waals surface area contributed by atoms with Crippen LogP contribution in [0, 0.1) is 17.1 Å². The van der Waals surface area contributed by atoms with Crippen molar-refractivity contribution in [3.63, 3.8) is 0 Å². The Morgan fingerprint density at radius 1 is 1.17 bits per heavy atom. The second-order valence-corrected chi connectivity index (χ2v) is 6.51. The lowest BCUT2D eigenvalue weighted by atomic mass is 10.1. The third-order valence-corrected chi connectivity index (χ3v) is 4.60. The summed E-state index contributed by atoms with van der Waals surface area (Å²) in [5.41, 5.74) is 2.50. The van der Waals surface area contributed by atoms with Crippen molar-refractivity contribution in [2.75, 3.05) is 0 Å². The third-order valence-electron chi connectivity index (χ3n) is 3.20. The van der Waals surface area contributed by atoms with Crippen LogP contribution in [0.15, 0.2) is 58.4 Å². The van der Waals surface area contributed by atoms with E-state index in [-0.39, 0.29) is 5.82 Å². The van der Waals surface area contributed by atoms with Crippen LogP contribution in [0.2, 0.25) is 0 Å². The molecule has 2 nitrogen and oxygen atoms in total. The molecule has 0 spiro atoms. The molecule has 0 atom stereocenters. The molecule has 23 heavy (non-hydrogen) atoms. The molecule has 2 aromatic carbocycles. The Balaban J connectivity index is 1.96. The van der Waals surface area contributed by atoms with Crippen LogP contribution in [0.1, 0.15) is 10.6 Å². The van der Waals surface area contributed by atoms with Crippen LogP contribution in [0.4, 0.5) is 4.39 Å². The summed E-state index contributed by atoms with van der Waals surface area (Å²) in [4.78, 5) is 4.50. The molecule has 0 N–H and O–H groups in total. The second-order valence-electron chi connectivity index (χ2n) is 4.74. The molecule has 5 heteroatoms. The molecule has 0 fully saturated rings. The maximum Gasteiger partial charge on any atom is 0.134 e. The minimum atomic E-state index is -0.357. The number of hydrogen-bond donors (Lipinski definition) is 0. The van der Waals surface area contributed by atoms with Crippen LogP contribution < -0.4 is 0 Å². The first-order chi connectivity index (χ1) is 11.2. The van der Waals surface area contributed by atoms with Crippen LogP contribution in [0.5, 0.6) is 0 Å². The van der Waals surface area contributed by atoms with Crippen LogP contribution in [0.3, 0.4) is 0 Å². The summed E-state index contributed by atoms with van der Waals surface area (Å²) < 4.78 is 14.7. The summed E-state index contributed by atoms with van der Waals surface area (Å²) in [6.45, 7) is 0. The topological polar surface area (TPSA) is 36.7 Å². The molecule has 3 aromatic rings. The van der Waals surface area contributed by atoms with E-state index in [1.54, 1.807) is 18.2 Å². The summed E-state index contributed by atoms with van der Waals surface area (Å²) in [5.74, 6) is -0.357. The number of nitriles is 1. The van der Waals surface area contributed by atoms with Crippen molar-refractivity contribution in [1.29, 1.82) is 5.26 Å². The van der Waals surface area contributed by atoms with Crippen LogP contribution in [0.25, 0.3) is 22.9 Å². The van der Waals surface area contributed by atoms with Crippen molar-refractivity contribution in [3.8, 4) is 17.3 Å². The van der Waals surface area contributed by atoms with Gasteiger partial charge in [-0.25, -0.2) is 9.37 Å². The van der Waals surface area contributed by atoms with E-state index < -0.39 is 0 Å². The highest BCUT2D eigenvalue weighted by atomic mass is 79.9. The van der Waals surface area contributed by atoms with Gasteiger partial charge in [-0.05, 0) is 24.3 Å². The molecule has 0 amide bonds. The van der Waals surface area contributed by atoms with Crippen LogP contribution >= 0.6 is 27.3 Å². The third kappa shape index (κ3) is 3.55. The second kappa shape index (κ2) is 6.86. The zero-order chi connectivity index (χ0) is 16.2. The fraction of sp³-hybridized carbons (Fsp3) is 0. The number of hydrogen-bond acceptors (Lipinski definition) is 3.